The number of aromatic amines is 1. The van der Waals surface area contributed by atoms with E-state index in [-0.39, 0.29) is 11.2 Å². The lowest BCUT2D eigenvalue weighted by Gasteiger charge is -2.18. The molecule has 0 bridgehead atoms. The van der Waals surface area contributed by atoms with Crippen LogP contribution in [0.15, 0.2) is 18.2 Å². The largest absolute Gasteiger partial charge is 0.341 e. The first-order valence-corrected chi connectivity index (χ1v) is 5.54. The molecule has 1 fully saturated rings. The quantitative estimate of drug-likeness (QED) is 0.769. The van der Waals surface area contributed by atoms with Crippen molar-refractivity contribution in [2.24, 2.45) is 0 Å². The highest BCUT2D eigenvalue weighted by Crippen LogP contribution is 2.29. The SMILES string of the molecule is CC1(c2nc3c(F)cccc3[nH]2)CCNC1. The molecule has 1 saturated heterocycles. The Hall–Kier alpha value is -1.42. The van der Waals surface area contributed by atoms with Crippen LogP contribution in [0.25, 0.3) is 11.0 Å². The minimum atomic E-state index is -0.255. The van der Waals surface area contributed by atoms with Gasteiger partial charge in [-0.1, -0.05) is 13.0 Å². The molecule has 4 heteroatoms. The van der Waals surface area contributed by atoms with Crippen LogP contribution in [-0.2, 0) is 5.41 Å². The van der Waals surface area contributed by atoms with Crippen molar-refractivity contribution in [2.45, 2.75) is 18.8 Å². The summed E-state index contributed by atoms with van der Waals surface area (Å²) in [4.78, 5) is 7.62. The molecule has 1 aliphatic heterocycles. The van der Waals surface area contributed by atoms with Crippen molar-refractivity contribution in [3.63, 3.8) is 0 Å². The summed E-state index contributed by atoms with van der Waals surface area (Å²) >= 11 is 0. The maximum absolute atomic E-state index is 13.5. The van der Waals surface area contributed by atoms with Gasteiger partial charge in [-0.2, -0.15) is 0 Å². The van der Waals surface area contributed by atoms with Crippen LogP contribution in [0.2, 0.25) is 0 Å². The Labute approximate surface area is 93.1 Å². The number of para-hydroxylation sites is 1. The molecule has 16 heavy (non-hydrogen) atoms. The Balaban J connectivity index is 2.15. The van der Waals surface area contributed by atoms with Gasteiger partial charge in [-0.05, 0) is 25.1 Å². The number of imidazole rings is 1. The molecule has 2 aromatic rings. The van der Waals surface area contributed by atoms with Gasteiger partial charge < -0.3 is 10.3 Å². The predicted molar refractivity (Wildman–Crippen MR) is 60.9 cm³/mol. The van der Waals surface area contributed by atoms with Crippen molar-refractivity contribution < 1.29 is 4.39 Å². The number of fused-ring (bicyclic) bond motifs is 1. The molecule has 1 aromatic carbocycles. The maximum Gasteiger partial charge on any atom is 0.151 e. The molecule has 1 atom stereocenters. The smallest absolute Gasteiger partial charge is 0.151 e. The molecular weight excluding hydrogens is 205 g/mol. The van der Waals surface area contributed by atoms with Crippen molar-refractivity contribution in [2.75, 3.05) is 13.1 Å². The molecule has 3 nitrogen and oxygen atoms in total. The number of halogens is 1. The van der Waals surface area contributed by atoms with E-state index in [1.807, 2.05) is 6.07 Å². The van der Waals surface area contributed by atoms with Crippen molar-refractivity contribution in [1.82, 2.24) is 15.3 Å². The second-order valence-electron chi connectivity index (χ2n) is 4.71. The third-order valence-electron chi connectivity index (χ3n) is 3.40. The maximum atomic E-state index is 13.5. The second kappa shape index (κ2) is 3.28. The van der Waals surface area contributed by atoms with E-state index in [0.717, 1.165) is 30.9 Å². The number of aromatic nitrogens is 2. The van der Waals surface area contributed by atoms with Crippen molar-refractivity contribution in [3.05, 3.63) is 29.8 Å². The van der Waals surface area contributed by atoms with E-state index >= 15 is 0 Å². The monoisotopic (exact) mass is 219 g/mol. The van der Waals surface area contributed by atoms with Gasteiger partial charge in [-0.3, -0.25) is 0 Å². The van der Waals surface area contributed by atoms with Crippen molar-refractivity contribution in [3.8, 4) is 0 Å². The van der Waals surface area contributed by atoms with E-state index in [1.165, 1.54) is 6.07 Å². The first-order chi connectivity index (χ1) is 7.69. The van der Waals surface area contributed by atoms with Crippen LogP contribution in [0.1, 0.15) is 19.2 Å². The van der Waals surface area contributed by atoms with Gasteiger partial charge in [0.1, 0.15) is 11.3 Å². The normalized spacial score (nSPS) is 25.4. The van der Waals surface area contributed by atoms with E-state index < -0.39 is 0 Å². The Morgan fingerprint density at radius 1 is 1.44 bits per heavy atom. The van der Waals surface area contributed by atoms with E-state index in [2.05, 4.69) is 22.2 Å². The van der Waals surface area contributed by atoms with Gasteiger partial charge in [0, 0.05) is 12.0 Å². The average Bonchev–Trinajstić information content (AvgIpc) is 2.85. The highest BCUT2D eigenvalue weighted by molar-refractivity contribution is 5.75. The van der Waals surface area contributed by atoms with Gasteiger partial charge in [-0.15, -0.1) is 0 Å². The zero-order chi connectivity index (χ0) is 11.2. The summed E-state index contributed by atoms with van der Waals surface area (Å²) in [7, 11) is 0. The molecule has 1 unspecified atom stereocenters. The molecule has 0 amide bonds. The fourth-order valence-electron chi connectivity index (χ4n) is 2.30. The lowest BCUT2D eigenvalue weighted by molar-refractivity contribution is 0.495. The topological polar surface area (TPSA) is 40.7 Å². The zero-order valence-electron chi connectivity index (χ0n) is 9.18. The second-order valence-corrected chi connectivity index (χ2v) is 4.71. The highest BCUT2D eigenvalue weighted by Gasteiger charge is 2.33. The number of H-pyrrole nitrogens is 1. The molecule has 2 heterocycles. The van der Waals surface area contributed by atoms with Gasteiger partial charge >= 0.3 is 0 Å². The fraction of sp³-hybridized carbons (Fsp3) is 0.417. The number of rotatable bonds is 1. The predicted octanol–water partition coefficient (Wildman–Crippen LogP) is 1.95. The van der Waals surface area contributed by atoms with Gasteiger partial charge in [-0.25, -0.2) is 9.37 Å². The number of hydrogen-bond acceptors (Lipinski definition) is 2. The molecule has 1 aliphatic rings. The standard InChI is InChI=1S/C12H14FN3/c1-12(5-6-14-7-12)11-15-9-4-2-3-8(13)10(9)16-11/h2-4,14H,5-7H2,1H3,(H,15,16). The molecule has 2 N–H and O–H groups in total. The van der Waals surface area contributed by atoms with Gasteiger partial charge in [0.25, 0.3) is 0 Å². The van der Waals surface area contributed by atoms with Crippen LogP contribution in [-0.4, -0.2) is 23.1 Å². The van der Waals surface area contributed by atoms with Crippen LogP contribution in [0.4, 0.5) is 4.39 Å². The van der Waals surface area contributed by atoms with Gasteiger partial charge in [0.2, 0.25) is 0 Å². The van der Waals surface area contributed by atoms with Crippen LogP contribution in [0, 0.1) is 5.82 Å². The number of nitrogens with zero attached hydrogens (tertiary/aromatic N) is 1. The number of benzene rings is 1. The summed E-state index contributed by atoms with van der Waals surface area (Å²) in [5.74, 6) is 0.632. The summed E-state index contributed by atoms with van der Waals surface area (Å²) in [6.07, 6.45) is 1.04. The minimum Gasteiger partial charge on any atom is -0.341 e. The van der Waals surface area contributed by atoms with E-state index in [4.69, 9.17) is 0 Å². The zero-order valence-corrected chi connectivity index (χ0v) is 9.18. The van der Waals surface area contributed by atoms with Gasteiger partial charge in [0.15, 0.2) is 5.82 Å². The molecule has 0 saturated carbocycles. The number of hydrogen-bond donors (Lipinski definition) is 2. The van der Waals surface area contributed by atoms with E-state index in [9.17, 15) is 4.39 Å². The molecule has 3 rings (SSSR count). The van der Waals surface area contributed by atoms with Gasteiger partial charge in [0.05, 0.1) is 5.52 Å². The summed E-state index contributed by atoms with van der Waals surface area (Å²) in [5.41, 5.74) is 1.24. The summed E-state index contributed by atoms with van der Waals surface area (Å²) in [6.45, 7) is 4.05. The van der Waals surface area contributed by atoms with Crippen LogP contribution in [0.3, 0.4) is 0 Å². The number of nitrogens with one attached hydrogen (secondary N) is 2. The third-order valence-corrected chi connectivity index (χ3v) is 3.40. The highest BCUT2D eigenvalue weighted by atomic mass is 19.1. The Kier molecular flexibility index (Phi) is 2.01. The Bertz CT molecular complexity index is 526. The first kappa shape index (κ1) is 9.78. The van der Waals surface area contributed by atoms with Crippen LogP contribution in [0.5, 0.6) is 0 Å². The molecule has 0 aliphatic carbocycles. The summed E-state index contributed by atoms with van der Waals surface area (Å²) < 4.78 is 13.5. The average molecular weight is 219 g/mol. The van der Waals surface area contributed by atoms with Crippen molar-refractivity contribution in [1.29, 1.82) is 0 Å². The lowest BCUT2D eigenvalue weighted by Crippen LogP contribution is -2.26. The van der Waals surface area contributed by atoms with Crippen LogP contribution >= 0.6 is 0 Å². The molecular formula is C12H14FN3. The van der Waals surface area contributed by atoms with E-state index in [0.29, 0.717) is 5.52 Å². The molecule has 0 spiro atoms. The summed E-state index contributed by atoms with van der Waals surface area (Å²) in [6, 6.07) is 5.01. The molecule has 0 radical (unpaired) electrons. The lowest BCUT2D eigenvalue weighted by atomic mass is 9.89. The van der Waals surface area contributed by atoms with Crippen molar-refractivity contribution >= 4 is 11.0 Å². The van der Waals surface area contributed by atoms with E-state index in [1.54, 1.807) is 6.07 Å². The fourth-order valence-corrected chi connectivity index (χ4v) is 2.30. The minimum absolute atomic E-state index is 0.00542. The Morgan fingerprint density at radius 2 is 2.31 bits per heavy atom. The summed E-state index contributed by atoms with van der Waals surface area (Å²) in [5, 5.41) is 3.32. The molecule has 84 valence electrons. The Morgan fingerprint density at radius 3 is 3.00 bits per heavy atom. The molecule has 1 aromatic heterocycles. The van der Waals surface area contributed by atoms with Crippen LogP contribution < -0.4 is 5.32 Å². The third kappa shape index (κ3) is 1.33. The first-order valence-electron chi connectivity index (χ1n) is 5.54.